The molecule has 0 aliphatic heterocycles. The molecule has 10 nitrogen and oxygen atoms in total. The molecule has 0 amide bonds. The van der Waals surface area contributed by atoms with E-state index in [0.717, 1.165) is 36.7 Å². The number of benzene rings is 2. The predicted octanol–water partition coefficient (Wildman–Crippen LogP) is 7.03. The first kappa shape index (κ1) is 37.8. The summed E-state index contributed by atoms with van der Waals surface area (Å²) in [6.07, 6.45) is 11.1. The second-order valence-electron chi connectivity index (χ2n) is 12.7. The quantitative estimate of drug-likeness (QED) is 0.0503. The van der Waals surface area contributed by atoms with Gasteiger partial charge in [0.2, 0.25) is 0 Å². The van der Waals surface area contributed by atoms with E-state index in [1.165, 1.54) is 25.7 Å². The van der Waals surface area contributed by atoms with Crippen LogP contribution in [0.1, 0.15) is 93.0 Å². The maximum atomic E-state index is 13.0. The van der Waals surface area contributed by atoms with E-state index in [1.54, 1.807) is 30.3 Å². The minimum absolute atomic E-state index is 0.164. The first-order valence-corrected chi connectivity index (χ1v) is 17.6. The van der Waals surface area contributed by atoms with Gasteiger partial charge in [0.25, 0.3) is 0 Å². The van der Waals surface area contributed by atoms with Gasteiger partial charge in [-0.05, 0) is 105 Å². The van der Waals surface area contributed by atoms with Crippen LogP contribution in [-0.4, -0.2) is 63.8 Å². The SMILES string of the molecule is C=CC(=O)OCCOCCOCCOc1ccc(OC(=O)C2CCC(C(=O)Oc3ccc(C4CCC(CCC)CC4)cc3C=O)CC2)cc1. The number of hydrogen-bond acceptors (Lipinski definition) is 10. The zero-order valence-corrected chi connectivity index (χ0v) is 28.6. The molecule has 10 heteroatoms. The first-order chi connectivity index (χ1) is 23.9. The van der Waals surface area contributed by atoms with E-state index >= 15 is 0 Å². The molecular formula is C39H50O10. The van der Waals surface area contributed by atoms with Gasteiger partial charge in [-0.3, -0.25) is 14.4 Å². The van der Waals surface area contributed by atoms with Crippen molar-refractivity contribution in [3.63, 3.8) is 0 Å². The average Bonchev–Trinajstić information content (AvgIpc) is 3.13. The number of carbonyl (C=O) groups is 4. The minimum atomic E-state index is -0.482. The summed E-state index contributed by atoms with van der Waals surface area (Å²) in [5, 5.41) is 0. The van der Waals surface area contributed by atoms with Gasteiger partial charge in [0.1, 0.15) is 30.5 Å². The highest BCUT2D eigenvalue weighted by Crippen LogP contribution is 2.39. The Balaban J connectivity index is 1.11. The number of aldehydes is 1. The molecule has 0 bridgehead atoms. The third-order valence-electron chi connectivity index (χ3n) is 9.33. The third-order valence-corrected chi connectivity index (χ3v) is 9.33. The highest BCUT2D eigenvalue weighted by molar-refractivity contribution is 5.84. The van der Waals surface area contributed by atoms with E-state index in [2.05, 4.69) is 13.5 Å². The van der Waals surface area contributed by atoms with E-state index in [9.17, 15) is 19.2 Å². The van der Waals surface area contributed by atoms with Crippen LogP contribution in [0.5, 0.6) is 17.2 Å². The summed E-state index contributed by atoms with van der Waals surface area (Å²) < 4.78 is 32.6. The van der Waals surface area contributed by atoms with Crippen molar-refractivity contribution >= 4 is 24.2 Å². The summed E-state index contributed by atoms with van der Waals surface area (Å²) in [7, 11) is 0. The largest absolute Gasteiger partial charge is 0.491 e. The van der Waals surface area contributed by atoms with Crippen molar-refractivity contribution in [3.05, 3.63) is 66.2 Å². The molecule has 0 saturated heterocycles. The van der Waals surface area contributed by atoms with Gasteiger partial charge >= 0.3 is 17.9 Å². The molecule has 266 valence electrons. The van der Waals surface area contributed by atoms with Crippen LogP contribution in [0.25, 0.3) is 0 Å². The van der Waals surface area contributed by atoms with E-state index < -0.39 is 5.97 Å². The Morgan fingerprint density at radius 2 is 1.33 bits per heavy atom. The van der Waals surface area contributed by atoms with Crippen LogP contribution < -0.4 is 14.2 Å². The Hall–Kier alpha value is -4.02. The molecule has 4 rings (SSSR count). The van der Waals surface area contributed by atoms with Crippen molar-refractivity contribution < 1.29 is 47.6 Å². The minimum Gasteiger partial charge on any atom is -0.491 e. The second-order valence-corrected chi connectivity index (χ2v) is 12.7. The maximum absolute atomic E-state index is 13.0. The molecule has 49 heavy (non-hydrogen) atoms. The third kappa shape index (κ3) is 12.4. The van der Waals surface area contributed by atoms with Crippen molar-refractivity contribution in [1.82, 2.24) is 0 Å². The van der Waals surface area contributed by atoms with Gasteiger partial charge in [-0.25, -0.2) is 4.79 Å². The summed E-state index contributed by atoms with van der Waals surface area (Å²) in [5.41, 5.74) is 1.55. The van der Waals surface area contributed by atoms with Crippen molar-refractivity contribution in [1.29, 1.82) is 0 Å². The lowest BCUT2D eigenvalue weighted by atomic mass is 9.77. The van der Waals surface area contributed by atoms with E-state index in [-0.39, 0.29) is 37.0 Å². The van der Waals surface area contributed by atoms with Crippen LogP contribution in [0.2, 0.25) is 0 Å². The van der Waals surface area contributed by atoms with Crippen LogP contribution >= 0.6 is 0 Å². The number of ether oxygens (including phenoxy) is 6. The second kappa shape index (κ2) is 20.5. The molecule has 2 aromatic carbocycles. The van der Waals surface area contributed by atoms with E-state index in [0.29, 0.717) is 80.8 Å². The van der Waals surface area contributed by atoms with Gasteiger partial charge < -0.3 is 28.4 Å². The fraction of sp³-hybridized carbons (Fsp3) is 0.538. The molecule has 0 heterocycles. The van der Waals surface area contributed by atoms with Crippen LogP contribution in [0.3, 0.4) is 0 Å². The number of carbonyl (C=O) groups excluding carboxylic acids is 4. The molecule has 2 aromatic rings. The average molecular weight is 679 g/mol. The van der Waals surface area contributed by atoms with Crippen molar-refractivity contribution in [2.75, 3.05) is 39.6 Å². The van der Waals surface area contributed by atoms with Crippen molar-refractivity contribution in [3.8, 4) is 17.2 Å². The summed E-state index contributed by atoms with van der Waals surface area (Å²) in [6.45, 7) is 7.46. The Bertz CT molecular complexity index is 1350. The topological polar surface area (TPSA) is 124 Å². The van der Waals surface area contributed by atoms with Crippen LogP contribution in [0.4, 0.5) is 0 Å². The lowest BCUT2D eigenvalue weighted by molar-refractivity contribution is -0.145. The van der Waals surface area contributed by atoms with Crippen LogP contribution in [-0.2, 0) is 28.6 Å². The molecule has 0 N–H and O–H groups in total. The van der Waals surface area contributed by atoms with Crippen molar-refractivity contribution in [2.24, 2.45) is 17.8 Å². The number of rotatable bonds is 19. The predicted molar refractivity (Wildman–Crippen MR) is 183 cm³/mol. The Morgan fingerprint density at radius 3 is 1.94 bits per heavy atom. The van der Waals surface area contributed by atoms with Gasteiger partial charge in [0.15, 0.2) is 6.29 Å². The normalized spacial score (nSPS) is 20.5. The first-order valence-electron chi connectivity index (χ1n) is 17.6. The molecule has 0 unspecified atom stereocenters. The fourth-order valence-corrected chi connectivity index (χ4v) is 6.56. The molecule has 2 fully saturated rings. The van der Waals surface area contributed by atoms with E-state index in [4.69, 9.17) is 28.4 Å². The van der Waals surface area contributed by atoms with Gasteiger partial charge in [-0.2, -0.15) is 0 Å². The number of hydrogen-bond donors (Lipinski definition) is 0. The zero-order chi connectivity index (χ0) is 34.8. The lowest BCUT2D eigenvalue weighted by Gasteiger charge is -2.29. The molecule has 2 saturated carbocycles. The molecule has 2 aliphatic rings. The molecule has 0 radical (unpaired) electrons. The number of esters is 3. The molecule has 0 aromatic heterocycles. The monoisotopic (exact) mass is 678 g/mol. The van der Waals surface area contributed by atoms with Gasteiger partial charge in [0, 0.05) is 6.08 Å². The van der Waals surface area contributed by atoms with Crippen LogP contribution in [0.15, 0.2) is 55.1 Å². The molecular weight excluding hydrogens is 628 g/mol. The molecule has 2 aliphatic carbocycles. The van der Waals surface area contributed by atoms with Crippen molar-refractivity contribution in [2.45, 2.75) is 77.0 Å². The standard InChI is InChI=1S/C39H50O10/c1-3-5-28-6-8-29(9-7-28)32-14-19-36(33(26-32)27-40)49-39(43)31-12-10-30(11-13-31)38(42)48-35-17-15-34(16-18-35)46-24-22-44-20-21-45-23-25-47-37(41)4-2/h4,14-19,26-31H,2-3,5-13,20-25H2,1H3. The lowest BCUT2D eigenvalue weighted by Crippen LogP contribution is -2.30. The molecule has 0 atom stereocenters. The van der Waals surface area contributed by atoms with E-state index in [1.807, 2.05) is 12.1 Å². The Morgan fingerprint density at radius 1 is 0.735 bits per heavy atom. The summed E-state index contributed by atoms with van der Waals surface area (Å²) >= 11 is 0. The summed E-state index contributed by atoms with van der Waals surface area (Å²) in [6, 6.07) is 12.4. The summed E-state index contributed by atoms with van der Waals surface area (Å²) in [4.78, 5) is 48.7. The highest BCUT2D eigenvalue weighted by Gasteiger charge is 2.32. The van der Waals surface area contributed by atoms with Gasteiger partial charge in [-0.1, -0.05) is 32.4 Å². The fourth-order valence-electron chi connectivity index (χ4n) is 6.56. The van der Waals surface area contributed by atoms with Crippen LogP contribution in [0, 0.1) is 17.8 Å². The van der Waals surface area contributed by atoms with Gasteiger partial charge in [-0.15, -0.1) is 0 Å². The van der Waals surface area contributed by atoms with Gasteiger partial charge in [0.05, 0.1) is 43.8 Å². The smallest absolute Gasteiger partial charge is 0.330 e. The Labute approximate surface area is 289 Å². The molecule has 0 spiro atoms. The summed E-state index contributed by atoms with van der Waals surface area (Å²) in [5.74, 6) is 0.785. The Kier molecular flexibility index (Phi) is 15.8. The maximum Gasteiger partial charge on any atom is 0.330 e. The highest BCUT2D eigenvalue weighted by atomic mass is 16.6. The zero-order valence-electron chi connectivity index (χ0n) is 28.6.